The van der Waals surface area contributed by atoms with Gasteiger partial charge in [-0.05, 0) is 41.3 Å². The number of rotatable bonds is 5. The van der Waals surface area contributed by atoms with Crippen LogP contribution in [0.3, 0.4) is 0 Å². The van der Waals surface area contributed by atoms with Gasteiger partial charge in [-0.15, -0.1) is 0 Å². The molecule has 0 aromatic heterocycles. The Balaban J connectivity index is 1.91. The highest BCUT2D eigenvalue weighted by atomic mass is 16.1. The summed E-state index contributed by atoms with van der Waals surface area (Å²) in [5.41, 5.74) is 4.59. The van der Waals surface area contributed by atoms with Crippen LogP contribution in [0.25, 0.3) is 11.6 Å². The molecule has 0 fully saturated rings. The summed E-state index contributed by atoms with van der Waals surface area (Å²) in [6.45, 7) is 2.11. The molecule has 0 heterocycles. The Labute approximate surface area is 148 Å². The van der Waals surface area contributed by atoms with Crippen molar-refractivity contribution in [1.29, 1.82) is 0 Å². The summed E-state index contributed by atoms with van der Waals surface area (Å²) in [4.78, 5) is 12.9. The van der Waals surface area contributed by atoms with Gasteiger partial charge in [-0.2, -0.15) is 0 Å². The molecule has 0 unspecified atom stereocenters. The average molecular weight is 327 g/mol. The highest BCUT2D eigenvalue weighted by molar-refractivity contribution is 6.29. The van der Waals surface area contributed by atoms with E-state index in [0.29, 0.717) is 5.57 Å². The van der Waals surface area contributed by atoms with E-state index in [1.54, 1.807) is 0 Å². The van der Waals surface area contributed by atoms with Crippen molar-refractivity contribution in [2.45, 2.75) is 13.3 Å². The van der Waals surface area contributed by atoms with E-state index in [9.17, 15) is 4.79 Å². The van der Waals surface area contributed by atoms with E-state index in [-0.39, 0.29) is 5.91 Å². The van der Waals surface area contributed by atoms with Gasteiger partial charge in [0.05, 0.1) is 0 Å². The molecule has 0 bridgehead atoms. The van der Waals surface area contributed by atoms with Crippen LogP contribution in [0.1, 0.15) is 23.6 Å². The van der Waals surface area contributed by atoms with Crippen LogP contribution >= 0.6 is 0 Å². The second-order valence-electron chi connectivity index (χ2n) is 5.84. The number of anilines is 1. The molecular formula is C23H21NO. The molecular weight excluding hydrogens is 306 g/mol. The minimum Gasteiger partial charge on any atom is -0.322 e. The third kappa shape index (κ3) is 4.45. The van der Waals surface area contributed by atoms with E-state index in [2.05, 4.69) is 12.2 Å². The molecule has 0 aliphatic carbocycles. The molecule has 0 aliphatic rings. The largest absolute Gasteiger partial charge is 0.322 e. The van der Waals surface area contributed by atoms with Crippen LogP contribution in [0.2, 0.25) is 0 Å². The van der Waals surface area contributed by atoms with Gasteiger partial charge in [-0.25, -0.2) is 0 Å². The molecule has 2 heteroatoms. The lowest BCUT2D eigenvalue weighted by atomic mass is 10.0. The molecule has 0 saturated carbocycles. The summed E-state index contributed by atoms with van der Waals surface area (Å²) < 4.78 is 0. The summed E-state index contributed by atoms with van der Waals surface area (Å²) in [5.74, 6) is -0.112. The van der Waals surface area contributed by atoms with Crippen molar-refractivity contribution in [2.24, 2.45) is 0 Å². The topological polar surface area (TPSA) is 29.1 Å². The van der Waals surface area contributed by atoms with Crippen LogP contribution in [0.4, 0.5) is 5.69 Å². The molecule has 0 saturated heterocycles. The van der Waals surface area contributed by atoms with E-state index in [1.807, 2.05) is 91.0 Å². The van der Waals surface area contributed by atoms with Gasteiger partial charge in [0, 0.05) is 11.3 Å². The maximum absolute atomic E-state index is 12.9. The third-order valence-corrected chi connectivity index (χ3v) is 4.06. The Bertz CT molecular complexity index is 850. The Morgan fingerprint density at radius 2 is 1.44 bits per heavy atom. The first-order valence-corrected chi connectivity index (χ1v) is 8.48. The predicted molar refractivity (Wildman–Crippen MR) is 105 cm³/mol. The maximum atomic E-state index is 12.9. The molecule has 1 amide bonds. The van der Waals surface area contributed by atoms with Crippen LogP contribution < -0.4 is 5.32 Å². The molecule has 1 N–H and O–H groups in total. The molecule has 0 spiro atoms. The Morgan fingerprint density at radius 1 is 0.840 bits per heavy atom. The van der Waals surface area contributed by atoms with Crippen molar-refractivity contribution >= 4 is 23.2 Å². The minimum atomic E-state index is -0.112. The van der Waals surface area contributed by atoms with Crippen molar-refractivity contribution in [3.8, 4) is 0 Å². The van der Waals surface area contributed by atoms with Crippen molar-refractivity contribution < 1.29 is 4.79 Å². The van der Waals surface area contributed by atoms with Crippen molar-refractivity contribution in [2.75, 3.05) is 5.32 Å². The molecule has 3 aromatic rings. The van der Waals surface area contributed by atoms with Gasteiger partial charge in [0.1, 0.15) is 0 Å². The highest BCUT2D eigenvalue weighted by Gasteiger charge is 2.12. The van der Waals surface area contributed by atoms with Crippen LogP contribution in [0.15, 0.2) is 84.9 Å². The fraction of sp³-hybridized carbons (Fsp3) is 0.0870. The molecule has 0 atom stereocenters. The van der Waals surface area contributed by atoms with Crippen LogP contribution in [0, 0.1) is 0 Å². The van der Waals surface area contributed by atoms with E-state index in [0.717, 1.165) is 23.2 Å². The monoisotopic (exact) mass is 327 g/mol. The lowest BCUT2D eigenvalue weighted by Gasteiger charge is -2.10. The zero-order valence-corrected chi connectivity index (χ0v) is 14.3. The SMILES string of the molecule is CCc1ccc(NC(=O)C(=Cc2ccccc2)c2ccccc2)cc1. The number of nitrogens with one attached hydrogen (secondary N) is 1. The van der Waals surface area contributed by atoms with Gasteiger partial charge in [0.2, 0.25) is 0 Å². The van der Waals surface area contributed by atoms with E-state index >= 15 is 0 Å². The van der Waals surface area contributed by atoms with Gasteiger partial charge in [-0.1, -0.05) is 79.7 Å². The smallest absolute Gasteiger partial charge is 0.256 e. The van der Waals surface area contributed by atoms with Crippen molar-refractivity contribution in [3.05, 3.63) is 102 Å². The molecule has 3 aromatic carbocycles. The second kappa shape index (κ2) is 8.11. The number of carbonyl (C=O) groups is 1. The number of amides is 1. The number of carbonyl (C=O) groups excluding carboxylic acids is 1. The minimum absolute atomic E-state index is 0.112. The van der Waals surface area contributed by atoms with E-state index in [4.69, 9.17) is 0 Å². The van der Waals surface area contributed by atoms with Gasteiger partial charge in [-0.3, -0.25) is 4.79 Å². The fourth-order valence-electron chi connectivity index (χ4n) is 2.64. The summed E-state index contributed by atoms with van der Waals surface area (Å²) in [6.07, 6.45) is 2.91. The summed E-state index contributed by atoms with van der Waals surface area (Å²) in [5, 5.41) is 3.00. The Kier molecular flexibility index (Phi) is 5.43. The summed E-state index contributed by atoms with van der Waals surface area (Å²) in [7, 11) is 0. The predicted octanol–water partition coefficient (Wildman–Crippen LogP) is 5.43. The third-order valence-electron chi connectivity index (χ3n) is 4.06. The zero-order chi connectivity index (χ0) is 17.5. The van der Waals surface area contributed by atoms with Gasteiger partial charge in [0.15, 0.2) is 0 Å². The number of hydrogen-bond acceptors (Lipinski definition) is 1. The first-order chi connectivity index (χ1) is 12.3. The van der Waals surface area contributed by atoms with Gasteiger partial charge >= 0.3 is 0 Å². The Hall–Kier alpha value is -3.13. The van der Waals surface area contributed by atoms with Gasteiger partial charge < -0.3 is 5.32 Å². The van der Waals surface area contributed by atoms with Crippen LogP contribution in [-0.2, 0) is 11.2 Å². The molecule has 25 heavy (non-hydrogen) atoms. The number of aryl methyl sites for hydroxylation is 1. The standard InChI is InChI=1S/C23H21NO/c1-2-18-13-15-21(16-14-18)24-23(25)22(20-11-7-4-8-12-20)17-19-9-5-3-6-10-19/h3-17H,2H2,1H3,(H,24,25). The molecule has 124 valence electrons. The average Bonchev–Trinajstić information content (AvgIpc) is 2.68. The van der Waals surface area contributed by atoms with Crippen molar-refractivity contribution in [3.63, 3.8) is 0 Å². The van der Waals surface area contributed by atoms with Crippen LogP contribution in [0.5, 0.6) is 0 Å². The quantitative estimate of drug-likeness (QED) is 0.491. The van der Waals surface area contributed by atoms with E-state index in [1.165, 1.54) is 5.56 Å². The lowest BCUT2D eigenvalue weighted by Crippen LogP contribution is -2.13. The van der Waals surface area contributed by atoms with Gasteiger partial charge in [0.25, 0.3) is 5.91 Å². The highest BCUT2D eigenvalue weighted by Crippen LogP contribution is 2.21. The van der Waals surface area contributed by atoms with E-state index < -0.39 is 0 Å². The fourth-order valence-corrected chi connectivity index (χ4v) is 2.64. The number of hydrogen-bond donors (Lipinski definition) is 1. The van der Waals surface area contributed by atoms with Crippen molar-refractivity contribution in [1.82, 2.24) is 0 Å². The molecule has 0 radical (unpaired) electrons. The Morgan fingerprint density at radius 3 is 2.04 bits per heavy atom. The lowest BCUT2D eigenvalue weighted by molar-refractivity contribution is -0.111. The number of benzene rings is 3. The first kappa shape index (κ1) is 16.7. The molecule has 3 rings (SSSR count). The van der Waals surface area contributed by atoms with Crippen LogP contribution in [-0.4, -0.2) is 5.91 Å². The normalized spacial score (nSPS) is 11.2. The zero-order valence-electron chi connectivity index (χ0n) is 14.3. The molecule has 2 nitrogen and oxygen atoms in total. The molecule has 0 aliphatic heterocycles. The summed E-state index contributed by atoms with van der Waals surface area (Å²) >= 11 is 0. The summed E-state index contributed by atoms with van der Waals surface area (Å²) in [6, 6.07) is 27.6. The second-order valence-corrected chi connectivity index (χ2v) is 5.84. The first-order valence-electron chi connectivity index (χ1n) is 8.48. The maximum Gasteiger partial charge on any atom is 0.256 e.